The number of carbonyl (C=O) groups excluding carboxylic acids is 1. The van der Waals surface area contributed by atoms with Crippen LogP contribution in [-0.4, -0.2) is 53.3 Å². The number of para-hydroxylation sites is 2. The topological polar surface area (TPSA) is 59.4 Å². The lowest BCUT2D eigenvalue weighted by molar-refractivity contribution is 0.0528. The third kappa shape index (κ3) is 5.23. The van der Waals surface area contributed by atoms with Crippen LogP contribution in [0.3, 0.4) is 0 Å². The molecule has 0 saturated carbocycles. The van der Waals surface area contributed by atoms with Gasteiger partial charge in [0.15, 0.2) is 0 Å². The number of hydrogen-bond acceptors (Lipinski definition) is 4. The van der Waals surface area contributed by atoms with E-state index in [2.05, 4.69) is 34.9 Å². The van der Waals surface area contributed by atoms with Gasteiger partial charge in [-0.15, -0.1) is 0 Å². The molecule has 1 N–H and O–H groups in total. The predicted octanol–water partition coefficient (Wildman–Crippen LogP) is 2.67. The molecule has 2 aromatic rings. The van der Waals surface area contributed by atoms with Crippen molar-refractivity contribution in [2.45, 2.75) is 39.3 Å². The van der Waals surface area contributed by atoms with Crippen LogP contribution < -0.4 is 5.32 Å². The van der Waals surface area contributed by atoms with Crippen molar-refractivity contribution in [2.24, 2.45) is 0 Å². The number of carbonyl (C=O) groups is 1. The second-order valence-electron chi connectivity index (χ2n) is 7.15. The maximum atomic E-state index is 11.8. The Bertz CT molecular complexity index is 686. The zero-order valence-electron chi connectivity index (χ0n) is 15.3. The quantitative estimate of drug-likeness (QED) is 0.883. The Labute approximate surface area is 143 Å². The Kier molecular flexibility index (Phi) is 5.83. The van der Waals surface area contributed by atoms with Gasteiger partial charge in [0.2, 0.25) is 0 Å². The molecule has 0 fully saturated rings. The molecule has 24 heavy (non-hydrogen) atoms. The number of fused-ring (bicyclic) bond motifs is 1. The van der Waals surface area contributed by atoms with Crippen molar-refractivity contribution in [2.75, 3.05) is 27.2 Å². The van der Waals surface area contributed by atoms with Gasteiger partial charge in [-0.25, -0.2) is 9.78 Å². The predicted molar refractivity (Wildman–Crippen MR) is 96.2 cm³/mol. The van der Waals surface area contributed by atoms with Gasteiger partial charge in [-0.3, -0.25) is 0 Å². The van der Waals surface area contributed by atoms with Crippen LogP contribution in [0.2, 0.25) is 0 Å². The summed E-state index contributed by atoms with van der Waals surface area (Å²) in [5.74, 6) is 0.981. The maximum absolute atomic E-state index is 11.8. The molecule has 0 radical (unpaired) electrons. The third-order valence-corrected chi connectivity index (χ3v) is 3.52. The lowest BCUT2D eigenvalue weighted by Crippen LogP contribution is -2.33. The van der Waals surface area contributed by atoms with E-state index < -0.39 is 11.7 Å². The standard InChI is InChI=1S/C18H28N4O2/c1-18(2,3)24-17(23)19-11-10-16-20-14-8-6-7-9-15(14)22(16)13-12-21(4)5/h6-9H,10-13H2,1-5H3,(H,19,23). The largest absolute Gasteiger partial charge is 0.444 e. The number of rotatable bonds is 6. The SMILES string of the molecule is CN(C)CCn1c(CCNC(=O)OC(C)(C)C)nc2ccccc21. The number of amides is 1. The fraction of sp³-hybridized carbons (Fsp3) is 0.556. The number of aromatic nitrogens is 2. The molecular weight excluding hydrogens is 304 g/mol. The van der Waals surface area contributed by atoms with E-state index in [-0.39, 0.29) is 0 Å². The van der Waals surface area contributed by atoms with Crippen LogP contribution in [0.25, 0.3) is 11.0 Å². The van der Waals surface area contributed by atoms with Gasteiger partial charge in [-0.1, -0.05) is 12.1 Å². The molecule has 0 aliphatic rings. The van der Waals surface area contributed by atoms with Crippen molar-refractivity contribution >= 4 is 17.1 Å². The average Bonchev–Trinajstić information content (AvgIpc) is 2.80. The van der Waals surface area contributed by atoms with Gasteiger partial charge in [0.05, 0.1) is 11.0 Å². The molecule has 1 heterocycles. The highest BCUT2D eigenvalue weighted by Gasteiger charge is 2.16. The first-order chi connectivity index (χ1) is 11.3. The molecule has 1 aromatic carbocycles. The zero-order chi connectivity index (χ0) is 17.7. The summed E-state index contributed by atoms with van der Waals surface area (Å²) < 4.78 is 7.49. The fourth-order valence-electron chi connectivity index (χ4n) is 2.46. The summed E-state index contributed by atoms with van der Waals surface area (Å²) in [4.78, 5) is 18.6. The third-order valence-electron chi connectivity index (χ3n) is 3.52. The number of ether oxygens (including phenoxy) is 1. The first-order valence-corrected chi connectivity index (χ1v) is 8.32. The molecule has 0 aliphatic carbocycles. The molecule has 132 valence electrons. The molecule has 1 aromatic heterocycles. The molecule has 6 nitrogen and oxygen atoms in total. The van der Waals surface area contributed by atoms with E-state index in [0.717, 1.165) is 29.9 Å². The Morgan fingerprint density at radius 1 is 1.29 bits per heavy atom. The van der Waals surface area contributed by atoms with Crippen LogP contribution in [0.15, 0.2) is 24.3 Å². The second-order valence-corrected chi connectivity index (χ2v) is 7.15. The molecule has 0 aliphatic heterocycles. The summed E-state index contributed by atoms with van der Waals surface area (Å²) in [5.41, 5.74) is 1.64. The minimum atomic E-state index is -0.483. The second kappa shape index (κ2) is 7.66. The number of nitrogens with zero attached hydrogens (tertiary/aromatic N) is 3. The number of hydrogen-bond donors (Lipinski definition) is 1. The van der Waals surface area contributed by atoms with Crippen LogP contribution in [0.4, 0.5) is 4.79 Å². The summed E-state index contributed by atoms with van der Waals surface area (Å²) >= 11 is 0. The minimum Gasteiger partial charge on any atom is -0.444 e. The molecule has 6 heteroatoms. The van der Waals surface area contributed by atoms with Gasteiger partial charge < -0.3 is 19.5 Å². The molecule has 2 rings (SSSR count). The van der Waals surface area contributed by atoms with Crippen molar-refractivity contribution in [3.05, 3.63) is 30.1 Å². The van der Waals surface area contributed by atoms with Crippen LogP contribution in [0.1, 0.15) is 26.6 Å². The highest BCUT2D eigenvalue weighted by Crippen LogP contribution is 2.16. The van der Waals surface area contributed by atoms with Crippen molar-refractivity contribution in [3.63, 3.8) is 0 Å². The monoisotopic (exact) mass is 332 g/mol. The first kappa shape index (κ1) is 18.3. The van der Waals surface area contributed by atoms with Gasteiger partial charge in [-0.2, -0.15) is 0 Å². The summed E-state index contributed by atoms with van der Waals surface area (Å²) in [5, 5.41) is 2.80. The molecular formula is C18H28N4O2. The highest BCUT2D eigenvalue weighted by molar-refractivity contribution is 5.76. The van der Waals surface area contributed by atoms with E-state index >= 15 is 0 Å². The van der Waals surface area contributed by atoms with Crippen molar-refractivity contribution in [1.29, 1.82) is 0 Å². The smallest absolute Gasteiger partial charge is 0.407 e. The van der Waals surface area contributed by atoms with Gasteiger partial charge in [-0.05, 0) is 47.0 Å². The maximum Gasteiger partial charge on any atom is 0.407 e. The van der Waals surface area contributed by atoms with Crippen LogP contribution >= 0.6 is 0 Å². The lowest BCUT2D eigenvalue weighted by atomic mass is 10.2. The Hall–Kier alpha value is -2.08. The molecule has 1 amide bonds. The number of alkyl carbamates (subject to hydrolysis) is 1. The summed E-state index contributed by atoms with van der Waals surface area (Å²) in [6, 6.07) is 8.13. The minimum absolute atomic E-state index is 0.390. The highest BCUT2D eigenvalue weighted by atomic mass is 16.6. The van der Waals surface area contributed by atoms with Crippen molar-refractivity contribution < 1.29 is 9.53 Å². The summed E-state index contributed by atoms with van der Waals surface area (Å²) in [6.07, 6.45) is 0.278. The number of likely N-dealkylation sites (N-methyl/N-ethyl adjacent to an activating group) is 1. The van der Waals surface area contributed by atoms with Crippen LogP contribution in [0.5, 0.6) is 0 Å². The first-order valence-electron chi connectivity index (χ1n) is 8.32. The van der Waals surface area contributed by atoms with E-state index in [4.69, 9.17) is 9.72 Å². The number of imidazole rings is 1. The lowest BCUT2D eigenvalue weighted by Gasteiger charge is -2.19. The molecule has 0 atom stereocenters. The van der Waals surface area contributed by atoms with E-state index in [9.17, 15) is 4.79 Å². The van der Waals surface area contributed by atoms with E-state index in [0.29, 0.717) is 13.0 Å². The summed E-state index contributed by atoms with van der Waals surface area (Å²) in [7, 11) is 4.12. The van der Waals surface area contributed by atoms with Crippen LogP contribution in [-0.2, 0) is 17.7 Å². The Balaban J connectivity index is 2.05. The molecule has 0 saturated heterocycles. The Morgan fingerprint density at radius 3 is 2.67 bits per heavy atom. The number of nitrogens with one attached hydrogen (secondary N) is 1. The van der Waals surface area contributed by atoms with Crippen LogP contribution in [0, 0.1) is 0 Å². The molecule has 0 spiro atoms. The van der Waals surface area contributed by atoms with E-state index in [1.807, 2.05) is 39.0 Å². The van der Waals surface area contributed by atoms with E-state index in [1.54, 1.807) is 0 Å². The van der Waals surface area contributed by atoms with Gasteiger partial charge in [0.1, 0.15) is 11.4 Å². The van der Waals surface area contributed by atoms with Crippen molar-refractivity contribution in [3.8, 4) is 0 Å². The summed E-state index contributed by atoms with van der Waals surface area (Å²) in [6.45, 7) is 7.87. The number of benzene rings is 1. The average molecular weight is 332 g/mol. The van der Waals surface area contributed by atoms with E-state index in [1.165, 1.54) is 0 Å². The Morgan fingerprint density at radius 2 is 2.00 bits per heavy atom. The van der Waals surface area contributed by atoms with Gasteiger partial charge in [0, 0.05) is 26.1 Å². The normalized spacial score (nSPS) is 11.9. The molecule has 0 bridgehead atoms. The van der Waals surface area contributed by atoms with Gasteiger partial charge in [0.25, 0.3) is 0 Å². The fourth-order valence-corrected chi connectivity index (χ4v) is 2.46. The van der Waals surface area contributed by atoms with Crippen molar-refractivity contribution in [1.82, 2.24) is 19.8 Å². The zero-order valence-corrected chi connectivity index (χ0v) is 15.3. The van der Waals surface area contributed by atoms with Gasteiger partial charge >= 0.3 is 6.09 Å². The molecule has 0 unspecified atom stereocenters.